The van der Waals surface area contributed by atoms with Crippen LogP contribution in [0.4, 0.5) is 10.5 Å². The number of nitrogens with two attached hydrogens (primary N) is 1. The van der Waals surface area contributed by atoms with Gasteiger partial charge in [-0.05, 0) is 69.3 Å². The lowest BCUT2D eigenvalue weighted by molar-refractivity contribution is -0.120. The van der Waals surface area contributed by atoms with E-state index in [-0.39, 0.29) is 0 Å². The van der Waals surface area contributed by atoms with Crippen LogP contribution in [-0.2, 0) is 16.0 Å². The smallest absolute Gasteiger partial charge is 0.408 e. The molecule has 2 amide bonds. The highest BCUT2D eigenvalue weighted by molar-refractivity contribution is 7.09. The second-order valence-corrected chi connectivity index (χ2v) is 10.8. The van der Waals surface area contributed by atoms with Crippen LogP contribution in [-0.4, -0.2) is 36.7 Å². The normalized spacial score (nSPS) is 13.5. The second kappa shape index (κ2) is 13.5. The van der Waals surface area contributed by atoms with Crippen LogP contribution < -0.4 is 20.7 Å². The zero-order valence-electron chi connectivity index (χ0n) is 22.0. The minimum Gasteiger partial charge on any atom is -0.457 e. The molecule has 0 bridgehead atoms. The van der Waals surface area contributed by atoms with E-state index in [0.717, 1.165) is 29.4 Å². The lowest BCUT2D eigenvalue weighted by Gasteiger charge is -2.22. The third-order valence-corrected chi connectivity index (χ3v) is 6.43. The quantitative estimate of drug-likeness (QED) is 0.406. The van der Waals surface area contributed by atoms with Gasteiger partial charge in [0.25, 0.3) is 0 Å². The van der Waals surface area contributed by atoms with Crippen molar-refractivity contribution in [1.29, 1.82) is 5.26 Å². The molecule has 0 radical (unpaired) electrons. The summed E-state index contributed by atoms with van der Waals surface area (Å²) in [6, 6.07) is 20.6. The summed E-state index contributed by atoms with van der Waals surface area (Å²) in [5.74, 6) is 0.912. The fraction of sp³-hybridized carbons (Fsp3) is 0.345. The van der Waals surface area contributed by atoms with Crippen LogP contribution in [0.1, 0.15) is 44.1 Å². The molecule has 8 nitrogen and oxygen atoms in total. The number of alkyl carbamates (subject to hydrolysis) is 1. The van der Waals surface area contributed by atoms with E-state index in [4.69, 9.17) is 15.2 Å². The monoisotopic (exact) mass is 534 g/mol. The second-order valence-electron chi connectivity index (χ2n) is 9.78. The van der Waals surface area contributed by atoms with Gasteiger partial charge in [0.15, 0.2) is 0 Å². The molecule has 200 valence electrons. The Kier molecular flexibility index (Phi) is 10.1. The molecule has 38 heavy (non-hydrogen) atoms. The number of rotatable bonds is 7. The lowest BCUT2D eigenvalue weighted by Crippen LogP contribution is -2.47. The Morgan fingerprint density at radius 3 is 2.37 bits per heavy atom. The molecule has 1 fully saturated rings. The molecule has 4 rings (SSSR count). The molecule has 1 aliphatic heterocycles. The number of ether oxygens (including phenoxy) is 2. The van der Waals surface area contributed by atoms with Gasteiger partial charge in [-0.1, -0.05) is 24.3 Å². The fourth-order valence-electron chi connectivity index (χ4n) is 3.83. The van der Waals surface area contributed by atoms with Crippen molar-refractivity contribution in [3.05, 3.63) is 76.5 Å². The highest BCUT2D eigenvalue weighted by Gasteiger charge is 2.23. The van der Waals surface area contributed by atoms with Crippen LogP contribution in [0.25, 0.3) is 0 Å². The minimum atomic E-state index is -0.751. The summed E-state index contributed by atoms with van der Waals surface area (Å²) in [6.07, 6.45) is 2.15. The third kappa shape index (κ3) is 9.12. The number of carbonyl (C=O) groups excluding carboxylic acids is 2. The largest absolute Gasteiger partial charge is 0.457 e. The Hall–Kier alpha value is -4.03. The van der Waals surface area contributed by atoms with Crippen molar-refractivity contribution < 1.29 is 19.1 Å². The number of amides is 2. The van der Waals surface area contributed by atoms with Crippen molar-refractivity contribution >= 4 is 29.0 Å². The van der Waals surface area contributed by atoms with Gasteiger partial charge in [0.2, 0.25) is 5.91 Å². The molecule has 0 unspecified atom stereocenters. The zero-order valence-corrected chi connectivity index (χ0v) is 22.8. The highest BCUT2D eigenvalue weighted by atomic mass is 32.1. The average molecular weight is 535 g/mol. The van der Waals surface area contributed by atoms with E-state index in [2.05, 4.69) is 16.3 Å². The molecule has 3 aromatic rings. The maximum absolute atomic E-state index is 11.6. The number of hydrogen-bond donors (Lipinski definition) is 2. The molecule has 9 heteroatoms. The van der Waals surface area contributed by atoms with Crippen molar-refractivity contribution in [2.75, 3.05) is 18.0 Å². The molecule has 0 spiro atoms. The van der Waals surface area contributed by atoms with Gasteiger partial charge in [-0.3, -0.25) is 4.79 Å². The number of carbonyl (C=O) groups is 2. The number of thiophene rings is 1. The summed E-state index contributed by atoms with van der Waals surface area (Å²) < 4.78 is 10.9. The van der Waals surface area contributed by atoms with E-state index in [1.807, 2.05) is 66.0 Å². The van der Waals surface area contributed by atoms with E-state index in [1.165, 1.54) is 24.2 Å². The number of nitrogens with one attached hydrogen (secondary N) is 1. The van der Waals surface area contributed by atoms with Gasteiger partial charge in [-0.15, -0.1) is 11.3 Å². The summed E-state index contributed by atoms with van der Waals surface area (Å²) in [7, 11) is 0. The maximum Gasteiger partial charge on any atom is 0.408 e. The van der Waals surface area contributed by atoms with Gasteiger partial charge in [0, 0.05) is 30.5 Å². The molecule has 1 atom stereocenters. The molecular weight excluding hydrogens is 500 g/mol. The Balaban J connectivity index is 0.000000212. The van der Waals surface area contributed by atoms with Crippen molar-refractivity contribution in [3.8, 4) is 17.6 Å². The van der Waals surface area contributed by atoms with Crippen molar-refractivity contribution in [1.82, 2.24) is 5.32 Å². The third-order valence-electron chi connectivity index (χ3n) is 5.53. The predicted octanol–water partition coefficient (Wildman–Crippen LogP) is 5.62. The summed E-state index contributed by atoms with van der Waals surface area (Å²) in [5.41, 5.74) is 6.36. The topological polar surface area (TPSA) is 118 Å². The molecule has 2 heterocycles. The van der Waals surface area contributed by atoms with Crippen molar-refractivity contribution in [2.45, 2.75) is 51.7 Å². The molecule has 1 aliphatic rings. The first-order valence-corrected chi connectivity index (χ1v) is 13.4. The van der Waals surface area contributed by atoms with Gasteiger partial charge in [0.05, 0.1) is 11.3 Å². The van der Waals surface area contributed by atoms with E-state index >= 15 is 0 Å². The molecule has 1 saturated heterocycles. The summed E-state index contributed by atoms with van der Waals surface area (Å²) in [5, 5.41) is 13.7. The Bertz CT molecular complexity index is 1230. The van der Waals surface area contributed by atoms with Crippen LogP contribution in [0, 0.1) is 11.3 Å². The van der Waals surface area contributed by atoms with Crippen LogP contribution in [0.5, 0.6) is 11.5 Å². The van der Waals surface area contributed by atoms with Crippen LogP contribution in [0.15, 0.2) is 66.0 Å². The Labute approximate surface area is 228 Å². The number of nitrogens with zero attached hydrogens (tertiary/aromatic N) is 2. The van der Waals surface area contributed by atoms with Crippen LogP contribution in [0.2, 0.25) is 0 Å². The number of para-hydroxylation sites is 1. The first-order chi connectivity index (χ1) is 18.1. The molecule has 1 aromatic heterocycles. The summed E-state index contributed by atoms with van der Waals surface area (Å²) >= 11 is 1.51. The number of primary amides is 1. The van der Waals surface area contributed by atoms with Gasteiger partial charge in [-0.25, -0.2) is 4.79 Å². The first-order valence-electron chi connectivity index (χ1n) is 12.5. The average Bonchev–Trinajstić information content (AvgIpc) is 3.58. The van der Waals surface area contributed by atoms with Crippen molar-refractivity contribution in [3.63, 3.8) is 0 Å². The fourth-order valence-corrected chi connectivity index (χ4v) is 4.58. The molecule has 2 aromatic carbocycles. The number of nitriles is 1. The lowest BCUT2D eigenvalue weighted by atomic mass is 10.1. The molecule has 0 saturated carbocycles. The van der Waals surface area contributed by atoms with E-state index in [1.54, 1.807) is 20.8 Å². The van der Waals surface area contributed by atoms with E-state index in [9.17, 15) is 14.9 Å². The standard InChI is InChI=1S/C17H16N2O.C12H18N2O3S/c18-13-14-12-16(20-15-6-2-1-3-7-15)8-9-17(14)19-10-4-5-11-19;1-12(2,3)17-11(16)14-9(10(13)15)7-8-5-4-6-18-8/h1-3,6-9,12H,4-5,10-11H2;4-6,9H,7H2,1-3H3,(H2,13,15)(H,14,16)/t;9-/m.0/s1. The molecular formula is C29H34N4O4S. The predicted molar refractivity (Wildman–Crippen MR) is 149 cm³/mol. The number of anilines is 1. The summed E-state index contributed by atoms with van der Waals surface area (Å²) in [4.78, 5) is 26.1. The number of benzene rings is 2. The molecule has 0 aliphatic carbocycles. The Morgan fingerprint density at radius 2 is 1.79 bits per heavy atom. The number of hydrogen-bond acceptors (Lipinski definition) is 7. The van der Waals surface area contributed by atoms with Gasteiger partial charge in [-0.2, -0.15) is 5.26 Å². The minimum absolute atomic E-state index is 0.381. The maximum atomic E-state index is 11.6. The molecule has 3 N–H and O–H groups in total. The highest BCUT2D eigenvalue weighted by Crippen LogP contribution is 2.30. The van der Waals surface area contributed by atoms with Crippen LogP contribution in [0.3, 0.4) is 0 Å². The van der Waals surface area contributed by atoms with Gasteiger partial charge >= 0.3 is 6.09 Å². The Morgan fingerprint density at radius 1 is 1.08 bits per heavy atom. The van der Waals surface area contributed by atoms with E-state index in [0.29, 0.717) is 17.7 Å². The SMILES string of the molecule is CC(C)(C)OC(=O)N[C@@H](Cc1cccs1)C(N)=O.N#Cc1cc(Oc2ccccc2)ccc1N1CCCC1. The van der Waals surface area contributed by atoms with Crippen LogP contribution >= 0.6 is 11.3 Å². The summed E-state index contributed by atoms with van der Waals surface area (Å²) in [6.45, 7) is 7.34. The van der Waals surface area contributed by atoms with Crippen molar-refractivity contribution in [2.24, 2.45) is 5.73 Å². The zero-order chi connectivity index (χ0) is 27.5. The van der Waals surface area contributed by atoms with Gasteiger partial charge < -0.3 is 25.4 Å². The van der Waals surface area contributed by atoms with E-state index < -0.39 is 23.6 Å². The van der Waals surface area contributed by atoms with Gasteiger partial charge in [0.1, 0.15) is 29.2 Å². The first kappa shape index (κ1) is 28.5.